The number of thiazole rings is 1. The standard InChI is InChI=1S/C17H17FN6O4S/c1-10-14(23-28-22-10)27-17(26)24(2)8-13-9-29-16(20-13)21-15(25)19-7-11-4-3-5-12(18)6-11/h3-6,9H,7-8H2,1-2H3,(H2,19,20,21,25). The summed E-state index contributed by atoms with van der Waals surface area (Å²) in [7, 11) is 1.53. The highest BCUT2D eigenvalue weighted by molar-refractivity contribution is 7.13. The number of aromatic nitrogens is 3. The number of carbonyl (C=O) groups excluding carboxylic acids is 2. The van der Waals surface area contributed by atoms with Crippen LogP contribution in [0.15, 0.2) is 34.3 Å². The summed E-state index contributed by atoms with van der Waals surface area (Å²) in [5, 5.41) is 14.3. The first-order valence-corrected chi connectivity index (χ1v) is 9.24. The van der Waals surface area contributed by atoms with Crippen LogP contribution in [0, 0.1) is 12.7 Å². The molecular formula is C17H17FN6O4S. The number of ether oxygens (including phenoxy) is 1. The average molecular weight is 420 g/mol. The van der Waals surface area contributed by atoms with Crippen molar-refractivity contribution in [3.05, 3.63) is 52.4 Å². The van der Waals surface area contributed by atoms with Crippen molar-refractivity contribution < 1.29 is 23.3 Å². The van der Waals surface area contributed by atoms with Crippen LogP contribution in [0.25, 0.3) is 0 Å². The van der Waals surface area contributed by atoms with Crippen LogP contribution in [0.2, 0.25) is 0 Å². The average Bonchev–Trinajstić information content (AvgIpc) is 3.29. The molecular weight excluding hydrogens is 403 g/mol. The second-order valence-corrected chi connectivity index (χ2v) is 6.82. The van der Waals surface area contributed by atoms with Gasteiger partial charge in [0.2, 0.25) is 0 Å². The molecule has 2 N–H and O–H groups in total. The Labute approximate surface area is 168 Å². The molecule has 29 heavy (non-hydrogen) atoms. The number of hydrogen-bond acceptors (Lipinski definition) is 8. The third-order valence-electron chi connectivity index (χ3n) is 3.62. The van der Waals surface area contributed by atoms with Crippen molar-refractivity contribution in [2.75, 3.05) is 12.4 Å². The number of urea groups is 1. The molecule has 152 valence electrons. The van der Waals surface area contributed by atoms with Crippen LogP contribution in [-0.2, 0) is 13.1 Å². The van der Waals surface area contributed by atoms with E-state index >= 15 is 0 Å². The molecule has 2 heterocycles. The molecule has 1 aromatic carbocycles. The number of nitrogens with one attached hydrogen (secondary N) is 2. The lowest BCUT2D eigenvalue weighted by Crippen LogP contribution is -2.30. The summed E-state index contributed by atoms with van der Waals surface area (Å²) in [5.41, 5.74) is 1.55. The fraction of sp³-hybridized carbons (Fsp3) is 0.235. The molecule has 3 amide bonds. The van der Waals surface area contributed by atoms with Crippen LogP contribution < -0.4 is 15.4 Å². The van der Waals surface area contributed by atoms with Crippen LogP contribution >= 0.6 is 11.3 Å². The first kappa shape index (κ1) is 20.2. The van der Waals surface area contributed by atoms with E-state index in [9.17, 15) is 14.0 Å². The molecule has 10 nitrogen and oxygen atoms in total. The van der Waals surface area contributed by atoms with Crippen LogP contribution in [0.3, 0.4) is 0 Å². The summed E-state index contributed by atoms with van der Waals surface area (Å²) >= 11 is 1.20. The van der Waals surface area contributed by atoms with Gasteiger partial charge in [-0.25, -0.2) is 23.6 Å². The quantitative estimate of drug-likeness (QED) is 0.628. The Morgan fingerprint density at radius 3 is 2.90 bits per heavy atom. The number of aryl methyl sites for hydroxylation is 1. The molecule has 0 aliphatic rings. The Morgan fingerprint density at radius 1 is 1.34 bits per heavy atom. The maximum atomic E-state index is 13.1. The first-order valence-electron chi connectivity index (χ1n) is 8.36. The molecule has 12 heteroatoms. The lowest BCUT2D eigenvalue weighted by molar-refractivity contribution is 0.155. The topological polar surface area (TPSA) is 122 Å². The van der Waals surface area contributed by atoms with Crippen molar-refractivity contribution in [2.45, 2.75) is 20.0 Å². The predicted molar refractivity (Wildman–Crippen MR) is 101 cm³/mol. The van der Waals surface area contributed by atoms with Crippen LogP contribution in [0.4, 0.5) is 19.1 Å². The normalized spacial score (nSPS) is 10.4. The van der Waals surface area contributed by atoms with Gasteiger partial charge in [0.25, 0.3) is 5.88 Å². The van der Waals surface area contributed by atoms with E-state index in [4.69, 9.17) is 4.74 Å². The van der Waals surface area contributed by atoms with Crippen molar-refractivity contribution in [3.63, 3.8) is 0 Å². The minimum atomic E-state index is -0.654. The zero-order chi connectivity index (χ0) is 20.8. The van der Waals surface area contributed by atoms with Gasteiger partial charge in [0.1, 0.15) is 11.5 Å². The Kier molecular flexibility index (Phi) is 6.34. The second kappa shape index (κ2) is 9.10. The molecule has 0 bridgehead atoms. The molecule has 0 atom stereocenters. The van der Waals surface area contributed by atoms with E-state index in [0.717, 1.165) is 0 Å². The number of amides is 3. The summed E-state index contributed by atoms with van der Waals surface area (Å²) in [6, 6.07) is 5.47. The van der Waals surface area contributed by atoms with Crippen molar-refractivity contribution in [3.8, 4) is 5.88 Å². The molecule has 0 fully saturated rings. The van der Waals surface area contributed by atoms with Gasteiger partial charge in [-0.3, -0.25) is 5.32 Å². The number of carbonyl (C=O) groups is 2. The number of rotatable bonds is 6. The maximum absolute atomic E-state index is 13.1. The molecule has 0 aliphatic heterocycles. The van der Waals surface area contributed by atoms with E-state index in [1.165, 1.54) is 35.4 Å². The number of halogens is 1. The third kappa shape index (κ3) is 5.72. The maximum Gasteiger partial charge on any atom is 0.416 e. The smallest absolute Gasteiger partial charge is 0.386 e. The van der Waals surface area contributed by atoms with E-state index in [-0.39, 0.29) is 24.8 Å². The third-order valence-corrected chi connectivity index (χ3v) is 4.43. The molecule has 0 aliphatic carbocycles. The molecule has 3 aromatic rings. The van der Waals surface area contributed by atoms with E-state index in [1.807, 2.05) is 0 Å². The SMILES string of the molecule is Cc1nonc1OC(=O)N(C)Cc1csc(NC(=O)NCc2cccc(F)c2)n1. The van der Waals surface area contributed by atoms with Gasteiger partial charge in [0.05, 0.1) is 12.2 Å². The van der Waals surface area contributed by atoms with E-state index in [1.54, 1.807) is 24.4 Å². The van der Waals surface area contributed by atoms with Gasteiger partial charge >= 0.3 is 12.1 Å². The van der Waals surface area contributed by atoms with Gasteiger partial charge in [0, 0.05) is 19.0 Å². The highest BCUT2D eigenvalue weighted by Gasteiger charge is 2.17. The van der Waals surface area contributed by atoms with Gasteiger partial charge in [-0.1, -0.05) is 17.3 Å². The van der Waals surface area contributed by atoms with Gasteiger partial charge in [-0.2, -0.15) is 0 Å². The van der Waals surface area contributed by atoms with Crippen molar-refractivity contribution >= 4 is 28.6 Å². The summed E-state index contributed by atoms with van der Waals surface area (Å²) in [6.45, 7) is 1.93. The predicted octanol–water partition coefficient (Wildman–Crippen LogP) is 2.93. The minimum Gasteiger partial charge on any atom is -0.386 e. The van der Waals surface area contributed by atoms with Crippen LogP contribution in [-0.4, -0.2) is 39.4 Å². The van der Waals surface area contributed by atoms with E-state index < -0.39 is 12.1 Å². The van der Waals surface area contributed by atoms with E-state index in [0.29, 0.717) is 22.1 Å². The minimum absolute atomic E-state index is 0.00236. The van der Waals surface area contributed by atoms with Crippen molar-refractivity contribution in [1.29, 1.82) is 0 Å². The number of nitrogens with zero attached hydrogens (tertiary/aromatic N) is 4. The molecule has 0 saturated heterocycles. The largest absolute Gasteiger partial charge is 0.416 e. The molecule has 2 aromatic heterocycles. The number of hydrogen-bond donors (Lipinski definition) is 2. The van der Waals surface area contributed by atoms with Crippen LogP contribution in [0.1, 0.15) is 17.0 Å². The Balaban J connectivity index is 1.47. The summed E-state index contributed by atoms with van der Waals surface area (Å²) < 4.78 is 22.7. The second-order valence-electron chi connectivity index (χ2n) is 5.96. The number of anilines is 1. The lowest BCUT2D eigenvalue weighted by Gasteiger charge is -2.14. The lowest BCUT2D eigenvalue weighted by atomic mass is 10.2. The summed E-state index contributed by atoms with van der Waals surface area (Å²) in [5.74, 6) is -0.371. The number of benzene rings is 1. The zero-order valence-corrected chi connectivity index (χ0v) is 16.3. The highest BCUT2D eigenvalue weighted by Crippen LogP contribution is 2.17. The van der Waals surface area contributed by atoms with Crippen molar-refractivity contribution in [1.82, 2.24) is 25.5 Å². The van der Waals surface area contributed by atoms with Gasteiger partial charge < -0.3 is 15.0 Å². The fourth-order valence-corrected chi connectivity index (χ4v) is 2.89. The molecule has 0 saturated carbocycles. The first-order chi connectivity index (χ1) is 13.9. The molecule has 0 unspecified atom stereocenters. The van der Waals surface area contributed by atoms with Gasteiger partial charge in [-0.15, -0.1) is 11.3 Å². The van der Waals surface area contributed by atoms with E-state index in [2.05, 4.69) is 30.6 Å². The monoisotopic (exact) mass is 420 g/mol. The summed E-state index contributed by atoms with van der Waals surface area (Å²) in [4.78, 5) is 29.6. The Morgan fingerprint density at radius 2 is 2.17 bits per heavy atom. The Hall–Kier alpha value is -3.54. The molecule has 3 rings (SSSR count). The van der Waals surface area contributed by atoms with Gasteiger partial charge in [-0.05, 0) is 29.8 Å². The molecule has 0 spiro atoms. The fourth-order valence-electron chi connectivity index (χ4n) is 2.19. The molecule has 0 radical (unpaired) electrons. The van der Waals surface area contributed by atoms with Crippen molar-refractivity contribution in [2.24, 2.45) is 0 Å². The highest BCUT2D eigenvalue weighted by atomic mass is 32.1. The summed E-state index contributed by atoms with van der Waals surface area (Å²) in [6.07, 6.45) is -0.654. The van der Waals surface area contributed by atoms with Gasteiger partial charge in [0.15, 0.2) is 5.13 Å². The Bertz CT molecular complexity index is 1010. The zero-order valence-electron chi connectivity index (χ0n) is 15.5. The van der Waals surface area contributed by atoms with Crippen LogP contribution in [0.5, 0.6) is 5.88 Å².